The van der Waals surface area contributed by atoms with E-state index < -0.39 is 0 Å². The number of hydrogen-bond donors (Lipinski definition) is 0. The van der Waals surface area contributed by atoms with E-state index in [-0.39, 0.29) is 12.2 Å². The molecule has 2 rings (SSSR count). The number of rotatable bonds is 15. The molecule has 0 bridgehead atoms. The number of thioether (sulfide) groups is 2. The van der Waals surface area contributed by atoms with E-state index >= 15 is 0 Å². The highest BCUT2D eigenvalue weighted by Crippen LogP contribution is 2.15. The fourth-order valence-electron chi connectivity index (χ4n) is 2.44. The molecule has 0 amide bonds. The molecule has 0 saturated heterocycles. The van der Waals surface area contributed by atoms with E-state index in [4.69, 9.17) is 9.47 Å². The Kier molecular flexibility index (Phi) is 11.8. The third kappa shape index (κ3) is 9.65. The summed E-state index contributed by atoms with van der Waals surface area (Å²) in [4.78, 5) is 0. The van der Waals surface area contributed by atoms with Crippen molar-refractivity contribution in [3.8, 4) is 0 Å². The summed E-state index contributed by atoms with van der Waals surface area (Å²) in [6.07, 6.45) is 3.97. The third-order valence-electron chi connectivity index (χ3n) is 4.08. The van der Waals surface area contributed by atoms with E-state index in [9.17, 15) is 0 Å². The normalized spacial score (nSPS) is 13.0. The Hall–Kier alpha value is -1.46. The van der Waals surface area contributed by atoms with Gasteiger partial charge in [0.2, 0.25) is 0 Å². The van der Waals surface area contributed by atoms with Gasteiger partial charge >= 0.3 is 0 Å². The van der Waals surface area contributed by atoms with E-state index in [1.807, 2.05) is 72.1 Å². The van der Waals surface area contributed by atoms with Crippen LogP contribution < -0.4 is 0 Å². The maximum atomic E-state index is 5.93. The maximum Gasteiger partial charge on any atom is 0.0848 e. The van der Waals surface area contributed by atoms with Gasteiger partial charge in [0.05, 0.1) is 25.4 Å². The van der Waals surface area contributed by atoms with E-state index in [2.05, 4.69) is 37.4 Å². The lowest BCUT2D eigenvalue weighted by atomic mass is 10.2. The van der Waals surface area contributed by atoms with Crippen molar-refractivity contribution >= 4 is 23.5 Å². The molecule has 0 heterocycles. The predicted octanol–water partition coefficient (Wildman–Crippen LogP) is 6.00. The summed E-state index contributed by atoms with van der Waals surface area (Å²) < 4.78 is 11.9. The van der Waals surface area contributed by atoms with E-state index in [0.29, 0.717) is 13.2 Å². The maximum absolute atomic E-state index is 5.93. The van der Waals surface area contributed by atoms with Crippen LogP contribution >= 0.6 is 23.5 Å². The lowest BCUT2D eigenvalue weighted by molar-refractivity contribution is 0.0870. The predicted molar refractivity (Wildman–Crippen MR) is 125 cm³/mol. The fourth-order valence-corrected chi connectivity index (χ4v) is 4.65. The Bertz CT molecular complexity index is 601. The van der Waals surface area contributed by atoms with Crippen LogP contribution in [0.3, 0.4) is 0 Å². The highest BCUT2D eigenvalue weighted by Gasteiger charge is 2.07. The van der Waals surface area contributed by atoms with Gasteiger partial charge in [-0.05, 0) is 11.1 Å². The summed E-state index contributed by atoms with van der Waals surface area (Å²) in [6, 6.07) is 20.5. The van der Waals surface area contributed by atoms with Crippen molar-refractivity contribution in [2.24, 2.45) is 0 Å². The van der Waals surface area contributed by atoms with Crippen LogP contribution in [0.2, 0.25) is 0 Å². The molecule has 0 fully saturated rings. The van der Waals surface area contributed by atoms with Gasteiger partial charge in [-0.2, -0.15) is 23.5 Å². The van der Waals surface area contributed by atoms with Gasteiger partial charge in [-0.25, -0.2) is 0 Å². The van der Waals surface area contributed by atoms with Crippen molar-refractivity contribution in [2.75, 3.05) is 23.0 Å². The molecule has 0 aliphatic heterocycles. The summed E-state index contributed by atoms with van der Waals surface area (Å²) in [5.74, 6) is 4.05. The zero-order chi connectivity index (χ0) is 19.9. The summed E-state index contributed by atoms with van der Waals surface area (Å²) >= 11 is 3.81. The Balaban J connectivity index is 1.53. The van der Waals surface area contributed by atoms with Gasteiger partial charge in [0.15, 0.2) is 0 Å². The van der Waals surface area contributed by atoms with Gasteiger partial charge in [-0.15, -0.1) is 13.2 Å². The van der Waals surface area contributed by atoms with E-state index in [1.165, 1.54) is 11.1 Å². The molecule has 0 spiro atoms. The average molecular weight is 415 g/mol. The van der Waals surface area contributed by atoms with Crippen LogP contribution in [0.5, 0.6) is 0 Å². The molecule has 2 atom stereocenters. The van der Waals surface area contributed by atoms with Crippen molar-refractivity contribution in [1.29, 1.82) is 0 Å². The molecule has 2 nitrogen and oxygen atoms in total. The molecule has 2 unspecified atom stereocenters. The molecule has 0 N–H and O–H groups in total. The highest BCUT2D eigenvalue weighted by atomic mass is 32.2. The topological polar surface area (TPSA) is 18.5 Å². The quantitative estimate of drug-likeness (QED) is 0.263. The first-order chi connectivity index (χ1) is 13.8. The third-order valence-corrected chi connectivity index (χ3v) is 6.45. The van der Waals surface area contributed by atoms with Gasteiger partial charge in [-0.3, -0.25) is 0 Å². The second kappa shape index (κ2) is 14.5. The van der Waals surface area contributed by atoms with Gasteiger partial charge in [0.1, 0.15) is 0 Å². The van der Waals surface area contributed by atoms with E-state index in [1.54, 1.807) is 0 Å². The molecule has 0 aromatic heterocycles. The van der Waals surface area contributed by atoms with Crippen LogP contribution in [0.15, 0.2) is 86.0 Å². The standard InChI is InChI=1S/C24H30O2S2/c1-3-23(25-17-21-11-7-5-8-12-21)19-27-15-16-28-20-24(4-2)26-18-22-13-9-6-10-14-22/h3-14,23-24H,1-2,15-20H2. The molecule has 0 radical (unpaired) electrons. The molecule has 0 aliphatic carbocycles. The van der Waals surface area contributed by atoms with Crippen LogP contribution in [0, 0.1) is 0 Å². The first-order valence-electron chi connectivity index (χ1n) is 9.53. The van der Waals surface area contributed by atoms with Gasteiger partial charge < -0.3 is 9.47 Å². The minimum atomic E-state index is 0.0883. The number of benzene rings is 2. The fraction of sp³-hybridized carbons (Fsp3) is 0.333. The molecule has 4 heteroatoms. The van der Waals surface area contributed by atoms with Gasteiger partial charge in [0.25, 0.3) is 0 Å². The Morgan fingerprint density at radius 1 is 0.679 bits per heavy atom. The zero-order valence-electron chi connectivity index (χ0n) is 16.4. The second-order valence-electron chi connectivity index (χ2n) is 6.29. The Labute approximate surface area is 178 Å². The second-order valence-corrected chi connectivity index (χ2v) is 8.59. The largest absolute Gasteiger partial charge is 0.369 e. The highest BCUT2D eigenvalue weighted by molar-refractivity contribution is 8.02. The Morgan fingerprint density at radius 2 is 1.07 bits per heavy atom. The molecule has 0 saturated carbocycles. The molecular weight excluding hydrogens is 384 g/mol. The van der Waals surface area contributed by atoms with Crippen molar-refractivity contribution in [1.82, 2.24) is 0 Å². The lowest BCUT2D eigenvalue weighted by Crippen LogP contribution is -2.14. The van der Waals surface area contributed by atoms with Crippen LogP contribution in [-0.2, 0) is 22.7 Å². The molecule has 2 aromatic rings. The van der Waals surface area contributed by atoms with Crippen LogP contribution in [0.4, 0.5) is 0 Å². The SMILES string of the molecule is C=CC(CSCCSCC(C=C)OCc1ccccc1)OCc1ccccc1. The summed E-state index contributed by atoms with van der Waals surface area (Å²) in [7, 11) is 0. The minimum absolute atomic E-state index is 0.0883. The van der Waals surface area contributed by atoms with Crippen LogP contribution in [0.1, 0.15) is 11.1 Å². The smallest absolute Gasteiger partial charge is 0.0848 e. The lowest BCUT2D eigenvalue weighted by Gasteiger charge is -2.15. The van der Waals surface area contributed by atoms with Crippen molar-refractivity contribution in [3.63, 3.8) is 0 Å². The summed E-state index contributed by atoms with van der Waals surface area (Å²) in [6.45, 7) is 9.06. The summed E-state index contributed by atoms with van der Waals surface area (Å²) in [5.41, 5.74) is 2.39. The van der Waals surface area contributed by atoms with Gasteiger partial charge in [-0.1, -0.05) is 72.8 Å². The molecule has 0 aliphatic rings. The monoisotopic (exact) mass is 414 g/mol. The van der Waals surface area contributed by atoms with Crippen molar-refractivity contribution in [2.45, 2.75) is 25.4 Å². The molecule has 150 valence electrons. The molecule has 2 aromatic carbocycles. The Morgan fingerprint density at radius 3 is 1.43 bits per heavy atom. The van der Waals surface area contributed by atoms with Crippen molar-refractivity contribution in [3.05, 3.63) is 97.1 Å². The molecular formula is C24H30O2S2. The zero-order valence-corrected chi connectivity index (χ0v) is 18.0. The first-order valence-corrected chi connectivity index (χ1v) is 11.8. The average Bonchev–Trinajstić information content (AvgIpc) is 2.76. The van der Waals surface area contributed by atoms with E-state index in [0.717, 1.165) is 23.0 Å². The molecule has 28 heavy (non-hydrogen) atoms. The van der Waals surface area contributed by atoms with Crippen LogP contribution in [0.25, 0.3) is 0 Å². The van der Waals surface area contributed by atoms with Crippen LogP contribution in [-0.4, -0.2) is 35.2 Å². The minimum Gasteiger partial charge on any atom is -0.369 e. The summed E-state index contributed by atoms with van der Waals surface area (Å²) in [5, 5.41) is 0. The number of ether oxygens (including phenoxy) is 2. The first kappa shape index (κ1) is 22.8. The van der Waals surface area contributed by atoms with Crippen molar-refractivity contribution < 1.29 is 9.47 Å². The number of hydrogen-bond acceptors (Lipinski definition) is 4. The van der Waals surface area contributed by atoms with Gasteiger partial charge in [0, 0.05) is 23.0 Å².